The van der Waals surface area contributed by atoms with E-state index in [1.54, 1.807) is 30.6 Å². The fraction of sp³-hybridized carbons (Fsp3) is 0. The molecule has 2 aromatic carbocycles. The van der Waals surface area contributed by atoms with Crippen LogP contribution in [0.4, 0.5) is 4.39 Å². The Hall–Kier alpha value is -3.47. The predicted octanol–water partition coefficient (Wildman–Crippen LogP) is 4.13. The van der Waals surface area contributed by atoms with Gasteiger partial charge in [-0.25, -0.2) is 4.39 Å². The number of amides is 1. The highest BCUT2D eigenvalue weighted by Gasteiger charge is 2.15. The summed E-state index contributed by atoms with van der Waals surface area (Å²) in [5, 5.41) is 0.877. The minimum absolute atomic E-state index is 0.296. The van der Waals surface area contributed by atoms with Gasteiger partial charge in [-0.15, -0.1) is 0 Å². The van der Waals surface area contributed by atoms with Crippen molar-refractivity contribution < 1.29 is 9.18 Å². The number of nitrogens with zero attached hydrogens (tertiary/aromatic N) is 1. The van der Waals surface area contributed by atoms with Gasteiger partial charge in [-0.1, -0.05) is 6.07 Å². The van der Waals surface area contributed by atoms with Gasteiger partial charge in [0.15, 0.2) is 0 Å². The van der Waals surface area contributed by atoms with E-state index >= 15 is 0 Å². The standard InChI is InChI=1S/C20H14FN3O/c21-14-3-1-13(2-4-14)18-11-17-15(12-7-9-23-10-8-12)5-6-16(20(22)25)19(17)24-18/h1-11,24H,(H2,22,25). The summed E-state index contributed by atoms with van der Waals surface area (Å²) in [7, 11) is 0. The molecule has 4 nitrogen and oxygen atoms in total. The normalized spacial score (nSPS) is 10.9. The Morgan fingerprint density at radius 2 is 1.68 bits per heavy atom. The number of aromatic nitrogens is 2. The molecule has 0 unspecified atom stereocenters. The van der Waals surface area contributed by atoms with Crippen LogP contribution in [0, 0.1) is 5.82 Å². The minimum Gasteiger partial charge on any atom is -0.366 e. The largest absolute Gasteiger partial charge is 0.366 e. The zero-order chi connectivity index (χ0) is 17.4. The van der Waals surface area contributed by atoms with Gasteiger partial charge in [0.05, 0.1) is 11.1 Å². The second kappa shape index (κ2) is 5.87. The van der Waals surface area contributed by atoms with E-state index in [1.165, 1.54) is 12.1 Å². The van der Waals surface area contributed by atoms with Crippen molar-refractivity contribution in [1.82, 2.24) is 9.97 Å². The topological polar surface area (TPSA) is 71.8 Å². The summed E-state index contributed by atoms with van der Waals surface area (Å²) >= 11 is 0. The Kier molecular flexibility index (Phi) is 3.54. The van der Waals surface area contributed by atoms with Crippen LogP contribution in [-0.2, 0) is 0 Å². The SMILES string of the molecule is NC(=O)c1ccc(-c2ccncc2)c2cc(-c3ccc(F)cc3)[nH]c12. The van der Waals surface area contributed by atoms with Crippen LogP contribution in [0.3, 0.4) is 0 Å². The van der Waals surface area contributed by atoms with E-state index in [0.717, 1.165) is 27.8 Å². The third kappa shape index (κ3) is 2.65. The van der Waals surface area contributed by atoms with Crippen molar-refractivity contribution >= 4 is 16.8 Å². The number of benzene rings is 2. The molecule has 122 valence electrons. The van der Waals surface area contributed by atoms with E-state index in [2.05, 4.69) is 9.97 Å². The summed E-state index contributed by atoms with van der Waals surface area (Å²) in [6, 6.07) is 15.5. The molecule has 0 spiro atoms. The molecule has 25 heavy (non-hydrogen) atoms. The monoisotopic (exact) mass is 331 g/mol. The number of carbonyl (C=O) groups is 1. The number of fused-ring (bicyclic) bond motifs is 1. The number of nitrogens with one attached hydrogen (secondary N) is 1. The van der Waals surface area contributed by atoms with Crippen LogP contribution in [0.25, 0.3) is 33.3 Å². The zero-order valence-corrected chi connectivity index (χ0v) is 13.2. The molecular formula is C20H14FN3O. The van der Waals surface area contributed by atoms with Gasteiger partial charge in [-0.05, 0) is 65.2 Å². The number of carbonyl (C=O) groups excluding carboxylic acids is 1. The second-order valence-corrected chi connectivity index (χ2v) is 5.74. The van der Waals surface area contributed by atoms with E-state index in [0.29, 0.717) is 11.1 Å². The van der Waals surface area contributed by atoms with Crippen molar-refractivity contribution in [2.45, 2.75) is 0 Å². The van der Waals surface area contributed by atoms with E-state index in [1.807, 2.05) is 24.3 Å². The summed E-state index contributed by atoms with van der Waals surface area (Å²) in [4.78, 5) is 19.1. The number of halogens is 1. The molecule has 2 aromatic heterocycles. The van der Waals surface area contributed by atoms with E-state index < -0.39 is 5.91 Å². The van der Waals surface area contributed by atoms with Gasteiger partial charge < -0.3 is 10.7 Å². The highest BCUT2D eigenvalue weighted by atomic mass is 19.1. The summed E-state index contributed by atoms with van der Waals surface area (Å²) in [6.07, 6.45) is 3.44. The quantitative estimate of drug-likeness (QED) is 0.592. The van der Waals surface area contributed by atoms with Crippen molar-refractivity contribution in [3.8, 4) is 22.4 Å². The Labute approximate surface area is 143 Å². The smallest absolute Gasteiger partial charge is 0.250 e. The lowest BCUT2D eigenvalue weighted by Gasteiger charge is -2.06. The van der Waals surface area contributed by atoms with Crippen molar-refractivity contribution in [2.75, 3.05) is 0 Å². The fourth-order valence-electron chi connectivity index (χ4n) is 2.99. The first-order valence-electron chi connectivity index (χ1n) is 7.75. The lowest BCUT2D eigenvalue weighted by atomic mass is 9.99. The molecule has 5 heteroatoms. The third-order valence-electron chi connectivity index (χ3n) is 4.21. The van der Waals surface area contributed by atoms with Gasteiger partial charge >= 0.3 is 0 Å². The van der Waals surface area contributed by atoms with Gasteiger partial charge in [-0.2, -0.15) is 0 Å². The molecule has 0 aliphatic carbocycles. The molecule has 4 rings (SSSR count). The maximum Gasteiger partial charge on any atom is 0.250 e. The number of rotatable bonds is 3. The Bertz CT molecular complexity index is 1070. The first kappa shape index (κ1) is 15.1. The number of nitrogens with two attached hydrogens (primary N) is 1. The summed E-state index contributed by atoms with van der Waals surface area (Å²) < 4.78 is 13.2. The second-order valence-electron chi connectivity index (χ2n) is 5.74. The van der Waals surface area contributed by atoms with Crippen LogP contribution in [0.15, 0.2) is 67.0 Å². The summed E-state index contributed by atoms with van der Waals surface area (Å²) in [5.41, 5.74) is 10.2. The molecule has 0 bridgehead atoms. The number of hydrogen-bond acceptors (Lipinski definition) is 2. The van der Waals surface area contributed by atoms with Crippen LogP contribution < -0.4 is 5.73 Å². The average Bonchev–Trinajstić information content (AvgIpc) is 3.07. The lowest BCUT2D eigenvalue weighted by Crippen LogP contribution is -2.11. The summed E-state index contributed by atoms with van der Waals surface area (Å²) in [6.45, 7) is 0. The van der Waals surface area contributed by atoms with Crippen molar-refractivity contribution in [3.05, 3.63) is 78.4 Å². The molecule has 0 saturated heterocycles. The zero-order valence-electron chi connectivity index (χ0n) is 13.2. The first-order valence-corrected chi connectivity index (χ1v) is 7.75. The molecule has 2 heterocycles. The van der Waals surface area contributed by atoms with Gasteiger partial charge in [0.1, 0.15) is 5.82 Å². The number of primary amides is 1. The van der Waals surface area contributed by atoms with Crippen LogP contribution >= 0.6 is 0 Å². The lowest BCUT2D eigenvalue weighted by molar-refractivity contribution is 0.100. The van der Waals surface area contributed by atoms with Gasteiger partial charge in [0, 0.05) is 23.5 Å². The Morgan fingerprint density at radius 3 is 2.36 bits per heavy atom. The maximum absolute atomic E-state index is 13.2. The van der Waals surface area contributed by atoms with Crippen LogP contribution in [0.5, 0.6) is 0 Å². The third-order valence-corrected chi connectivity index (χ3v) is 4.21. The molecule has 4 aromatic rings. The molecule has 0 fully saturated rings. The molecule has 0 radical (unpaired) electrons. The number of H-pyrrole nitrogens is 1. The molecular weight excluding hydrogens is 317 g/mol. The number of pyridine rings is 1. The molecule has 3 N–H and O–H groups in total. The predicted molar refractivity (Wildman–Crippen MR) is 95.4 cm³/mol. The van der Waals surface area contributed by atoms with Crippen LogP contribution in [0.2, 0.25) is 0 Å². The van der Waals surface area contributed by atoms with Gasteiger partial charge in [0.25, 0.3) is 5.91 Å². The Morgan fingerprint density at radius 1 is 0.960 bits per heavy atom. The first-order chi connectivity index (χ1) is 12.1. The van der Waals surface area contributed by atoms with Crippen LogP contribution in [-0.4, -0.2) is 15.9 Å². The number of aromatic amines is 1. The molecule has 0 aliphatic rings. The summed E-state index contributed by atoms with van der Waals surface area (Å²) in [5.74, 6) is -0.797. The fourth-order valence-corrected chi connectivity index (χ4v) is 2.99. The van der Waals surface area contributed by atoms with Crippen molar-refractivity contribution in [1.29, 1.82) is 0 Å². The van der Waals surface area contributed by atoms with Crippen molar-refractivity contribution in [3.63, 3.8) is 0 Å². The molecule has 0 atom stereocenters. The van der Waals surface area contributed by atoms with Gasteiger partial charge in [-0.3, -0.25) is 9.78 Å². The minimum atomic E-state index is -0.501. The molecule has 0 aliphatic heterocycles. The maximum atomic E-state index is 13.2. The van der Waals surface area contributed by atoms with E-state index in [4.69, 9.17) is 5.73 Å². The molecule has 0 saturated carbocycles. The van der Waals surface area contributed by atoms with E-state index in [9.17, 15) is 9.18 Å². The van der Waals surface area contributed by atoms with Crippen LogP contribution in [0.1, 0.15) is 10.4 Å². The van der Waals surface area contributed by atoms with E-state index in [-0.39, 0.29) is 5.82 Å². The Balaban J connectivity index is 1.98. The van der Waals surface area contributed by atoms with Gasteiger partial charge in [0.2, 0.25) is 0 Å². The molecule has 1 amide bonds. The highest BCUT2D eigenvalue weighted by Crippen LogP contribution is 2.34. The highest BCUT2D eigenvalue weighted by molar-refractivity contribution is 6.10. The number of hydrogen-bond donors (Lipinski definition) is 2. The van der Waals surface area contributed by atoms with Crippen molar-refractivity contribution in [2.24, 2.45) is 5.73 Å². The average molecular weight is 331 g/mol.